The number of benzene rings is 2. The standard InChI is InChI=1S/C25H17F5N2O5/c1-35-23-19(37-24(34)36-2)11-10-15-12-16(25(28,29)30)21(32(15)23)13-6-8-14(9-7-13)31-22(33)20-17(26)4-3-5-18(20)27/h3-12H,1-2H3,(H,31,33). The van der Waals surface area contributed by atoms with Gasteiger partial charge in [0.1, 0.15) is 17.2 Å². The number of hydrogen-bond donors (Lipinski definition) is 1. The van der Waals surface area contributed by atoms with Crippen LogP contribution in [-0.4, -0.2) is 30.7 Å². The van der Waals surface area contributed by atoms with Crippen LogP contribution in [0.4, 0.5) is 32.4 Å². The van der Waals surface area contributed by atoms with Crippen LogP contribution < -0.4 is 14.8 Å². The number of methoxy groups -OCH3 is 2. The lowest BCUT2D eigenvalue weighted by Gasteiger charge is -2.15. The van der Waals surface area contributed by atoms with Gasteiger partial charge < -0.3 is 19.5 Å². The zero-order valence-corrected chi connectivity index (χ0v) is 19.2. The summed E-state index contributed by atoms with van der Waals surface area (Å²) in [6.45, 7) is 0. The zero-order valence-electron chi connectivity index (χ0n) is 19.2. The van der Waals surface area contributed by atoms with Crippen LogP contribution in [-0.2, 0) is 10.9 Å². The highest BCUT2D eigenvalue weighted by atomic mass is 19.4. The number of rotatable bonds is 5. The van der Waals surface area contributed by atoms with Crippen molar-refractivity contribution in [2.75, 3.05) is 19.5 Å². The van der Waals surface area contributed by atoms with E-state index >= 15 is 0 Å². The van der Waals surface area contributed by atoms with E-state index in [1.165, 1.54) is 43.5 Å². The van der Waals surface area contributed by atoms with Crippen LogP contribution >= 0.6 is 0 Å². The van der Waals surface area contributed by atoms with E-state index in [-0.39, 0.29) is 34.1 Å². The summed E-state index contributed by atoms with van der Waals surface area (Å²) in [5.74, 6) is -3.61. The average Bonchev–Trinajstić information content (AvgIpc) is 3.24. The van der Waals surface area contributed by atoms with Gasteiger partial charge >= 0.3 is 12.3 Å². The van der Waals surface area contributed by atoms with Crippen LogP contribution in [0.25, 0.3) is 16.8 Å². The molecular formula is C25H17F5N2O5. The highest BCUT2D eigenvalue weighted by Crippen LogP contribution is 2.43. The number of aromatic nitrogens is 1. The molecule has 0 unspecified atom stereocenters. The lowest BCUT2D eigenvalue weighted by atomic mass is 10.1. The number of carbonyl (C=O) groups is 2. The maximum absolute atomic E-state index is 14.0. The number of carbonyl (C=O) groups excluding carboxylic acids is 2. The second-order valence-electron chi connectivity index (χ2n) is 7.56. The van der Waals surface area contributed by atoms with Crippen molar-refractivity contribution in [3.8, 4) is 22.9 Å². The van der Waals surface area contributed by atoms with Crippen LogP contribution in [0, 0.1) is 11.6 Å². The molecule has 1 N–H and O–H groups in total. The van der Waals surface area contributed by atoms with Crippen molar-refractivity contribution >= 4 is 23.3 Å². The van der Waals surface area contributed by atoms with E-state index in [9.17, 15) is 31.5 Å². The predicted molar refractivity (Wildman–Crippen MR) is 122 cm³/mol. The van der Waals surface area contributed by atoms with E-state index in [0.29, 0.717) is 0 Å². The molecule has 1 amide bonds. The maximum atomic E-state index is 14.0. The molecule has 0 spiro atoms. The summed E-state index contributed by atoms with van der Waals surface area (Å²) in [6.07, 6.45) is -5.88. The first-order valence-electron chi connectivity index (χ1n) is 10.5. The number of nitrogens with one attached hydrogen (secondary N) is 1. The van der Waals surface area contributed by atoms with Crippen molar-refractivity contribution in [3.63, 3.8) is 0 Å². The molecule has 0 aliphatic carbocycles. The largest absolute Gasteiger partial charge is 0.513 e. The summed E-state index contributed by atoms with van der Waals surface area (Å²) in [4.78, 5) is 24.0. The molecule has 4 aromatic rings. The molecule has 0 saturated carbocycles. The Morgan fingerprint density at radius 1 is 0.919 bits per heavy atom. The van der Waals surface area contributed by atoms with Gasteiger partial charge in [0, 0.05) is 5.69 Å². The van der Waals surface area contributed by atoms with Gasteiger partial charge in [0.05, 0.1) is 31.0 Å². The van der Waals surface area contributed by atoms with Gasteiger partial charge in [-0.2, -0.15) is 13.2 Å². The van der Waals surface area contributed by atoms with Crippen LogP contribution in [0.5, 0.6) is 11.6 Å². The molecule has 2 aromatic carbocycles. The molecule has 2 heterocycles. The van der Waals surface area contributed by atoms with Crippen molar-refractivity contribution in [3.05, 3.63) is 83.4 Å². The summed E-state index contributed by atoms with van der Waals surface area (Å²) in [5.41, 5.74) is -1.93. The molecule has 4 rings (SSSR count). The fraction of sp³-hybridized carbons (Fsp3) is 0.120. The predicted octanol–water partition coefficient (Wildman–Crippen LogP) is 6.31. The fourth-order valence-electron chi connectivity index (χ4n) is 3.74. The molecule has 0 saturated heterocycles. The van der Waals surface area contributed by atoms with E-state index in [0.717, 1.165) is 35.8 Å². The number of halogens is 5. The highest BCUT2D eigenvalue weighted by molar-refractivity contribution is 6.04. The van der Waals surface area contributed by atoms with Gasteiger partial charge in [-0.15, -0.1) is 0 Å². The topological polar surface area (TPSA) is 78.3 Å². The Morgan fingerprint density at radius 2 is 1.57 bits per heavy atom. The molecule has 37 heavy (non-hydrogen) atoms. The van der Waals surface area contributed by atoms with Crippen molar-refractivity contribution in [1.29, 1.82) is 0 Å². The SMILES string of the molecule is COC(=O)Oc1ccc2cc(C(F)(F)F)c(-c3ccc(NC(=O)c4c(F)cccc4F)cc3)n2c1OC. The Morgan fingerprint density at radius 3 is 2.14 bits per heavy atom. The Balaban J connectivity index is 1.79. The third kappa shape index (κ3) is 4.90. The molecule has 0 aliphatic heterocycles. The monoisotopic (exact) mass is 520 g/mol. The maximum Gasteiger partial charge on any atom is 0.513 e. The fourth-order valence-corrected chi connectivity index (χ4v) is 3.74. The average molecular weight is 520 g/mol. The number of amides is 1. The van der Waals surface area contributed by atoms with E-state index < -0.39 is 41.0 Å². The quantitative estimate of drug-likeness (QED) is 0.247. The molecule has 0 atom stereocenters. The first kappa shape index (κ1) is 25.5. The molecule has 2 aromatic heterocycles. The second-order valence-corrected chi connectivity index (χ2v) is 7.56. The summed E-state index contributed by atoms with van der Waals surface area (Å²) in [7, 11) is 2.26. The van der Waals surface area contributed by atoms with Gasteiger partial charge in [-0.25, -0.2) is 13.6 Å². The minimum atomic E-state index is -4.77. The van der Waals surface area contributed by atoms with Crippen molar-refractivity contribution in [1.82, 2.24) is 4.40 Å². The normalized spacial score (nSPS) is 11.3. The molecule has 7 nitrogen and oxygen atoms in total. The van der Waals surface area contributed by atoms with Gasteiger partial charge in [-0.3, -0.25) is 9.20 Å². The van der Waals surface area contributed by atoms with Crippen molar-refractivity contribution in [2.24, 2.45) is 0 Å². The molecule has 0 aliphatic rings. The molecule has 12 heteroatoms. The van der Waals surface area contributed by atoms with Gasteiger partial charge in [0.15, 0.2) is 5.75 Å². The van der Waals surface area contributed by atoms with Gasteiger partial charge in [-0.1, -0.05) is 18.2 Å². The molecule has 0 fully saturated rings. The van der Waals surface area contributed by atoms with Gasteiger partial charge in [0.2, 0.25) is 5.88 Å². The summed E-state index contributed by atoms with van der Waals surface area (Å²) >= 11 is 0. The summed E-state index contributed by atoms with van der Waals surface area (Å²) < 4.78 is 85.6. The highest BCUT2D eigenvalue weighted by Gasteiger charge is 2.37. The molecule has 0 bridgehead atoms. The smallest absolute Gasteiger partial charge is 0.479 e. The lowest BCUT2D eigenvalue weighted by Crippen LogP contribution is -2.15. The number of fused-ring (bicyclic) bond motifs is 1. The first-order chi connectivity index (χ1) is 17.5. The summed E-state index contributed by atoms with van der Waals surface area (Å²) in [6, 6.07) is 11.5. The lowest BCUT2D eigenvalue weighted by molar-refractivity contribution is -0.137. The number of hydrogen-bond acceptors (Lipinski definition) is 5. The van der Waals surface area contributed by atoms with E-state index in [2.05, 4.69) is 10.1 Å². The van der Waals surface area contributed by atoms with E-state index in [4.69, 9.17) is 9.47 Å². The van der Waals surface area contributed by atoms with Gasteiger partial charge in [-0.05, 0) is 48.0 Å². The Kier molecular flexibility index (Phi) is 6.75. The minimum Gasteiger partial charge on any atom is -0.479 e. The van der Waals surface area contributed by atoms with Gasteiger partial charge in [0.25, 0.3) is 5.91 Å². The minimum absolute atomic E-state index is 0.0518. The van der Waals surface area contributed by atoms with Crippen LogP contribution in [0.2, 0.25) is 0 Å². The number of alkyl halides is 3. The number of anilines is 1. The number of pyridine rings is 1. The van der Waals surface area contributed by atoms with E-state index in [1.54, 1.807) is 0 Å². The number of nitrogens with zero attached hydrogens (tertiary/aromatic N) is 1. The van der Waals surface area contributed by atoms with Crippen LogP contribution in [0.15, 0.2) is 60.7 Å². The third-order valence-corrected chi connectivity index (χ3v) is 5.31. The van der Waals surface area contributed by atoms with E-state index in [1.807, 2.05) is 0 Å². The second kappa shape index (κ2) is 9.80. The summed E-state index contributed by atoms with van der Waals surface area (Å²) in [5, 5.41) is 2.31. The molecular weight excluding hydrogens is 503 g/mol. The first-order valence-corrected chi connectivity index (χ1v) is 10.5. The van der Waals surface area contributed by atoms with Crippen LogP contribution in [0.3, 0.4) is 0 Å². The van der Waals surface area contributed by atoms with Crippen LogP contribution in [0.1, 0.15) is 15.9 Å². The Labute approximate surface area is 206 Å². The molecule has 192 valence electrons. The number of ether oxygens (including phenoxy) is 3. The zero-order chi connectivity index (χ0) is 26.9. The Hall–Kier alpha value is -4.61. The van der Waals surface area contributed by atoms with Crippen molar-refractivity contribution in [2.45, 2.75) is 6.18 Å². The molecule has 0 radical (unpaired) electrons. The third-order valence-electron chi connectivity index (χ3n) is 5.31. The van der Waals surface area contributed by atoms with Crippen molar-refractivity contribution < 1.29 is 45.8 Å². The Bertz CT molecular complexity index is 1480.